The van der Waals surface area contributed by atoms with Gasteiger partial charge in [-0.2, -0.15) is 0 Å². The molecule has 7 nitrogen and oxygen atoms in total. The number of anilines is 2. The van der Waals surface area contributed by atoms with Gasteiger partial charge in [0, 0.05) is 50.5 Å². The van der Waals surface area contributed by atoms with E-state index in [1.807, 2.05) is 37.6 Å². The molecule has 1 aliphatic rings. The lowest BCUT2D eigenvalue weighted by molar-refractivity contribution is 0.749. The molecule has 4 rings (SSSR count). The molecule has 0 atom stereocenters. The Morgan fingerprint density at radius 1 is 1.12 bits per heavy atom. The van der Waals surface area contributed by atoms with Crippen LogP contribution in [0.1, 0.15) is 25.7 Å². The van der Waals surface area contributed by atoms with Crippen LogP contribution in [0.4, 0.5) is 11.8 Å². The van der Waals surface area contributed by atoms with Crippen molar-refractivity contribution in [3.8, 4) is 11.3 Å². The Morgan fingerprint density at radius 2 is 1.88 bits per heavy atom. The highest BCUT2D eigenvalue weighted by Gasteiger charge is 2.21. The first-order valence-corrected chi connectivity index (χ1v) is 8.31. The molecule has 3 aromatic rings. The van der Waals surface area contributed by atoms with Crippen molar-refractivity contribution in [2.45, 2.75) is 31.7 Å². The van der Waals surface area contributed by atoms with Crippen LogP contribution in [0.3, 0.4) is 0 Å². The van der Waals surface area contributed by atoms with Gasteiger partial charge in [-0.15, -0.1) is 0 Å². The molecule has 3 heterocycles. The number of nitrogens with one attached hydrogen (secondary N) is 1. The van der Waals surface area contributed by atoms with E-state index in [0.29, 0.717) is 12.0 Å². The van der Waals surface area contributed by atoms with Gasteiger partial charge in [0.15, 0.2) is 5.65 Å². The van der Waals surface area contributed by atoms with Crippen molar-refractivity contribution in [3.05, 3.63) is 31.0 Å². The fraction of sp³-hybridized carbons (Fsp3) is 0.412. The van der Waals surface area contributed by atoms with E-state index in [1.165, 1.54) is 25.7 Å². The van der Waals surface area contributed by atoms with Gasteiger partial charge in [0.05, 0.1) is 6.20 Å². The zero-order valence-corrected chi connectivity index (χ0v) is 14.0. The van der Waals surface area contributed by atoms with Gasteiger partial charge in [0.25, 0.3) is 0 Å². The quantitative estimate of drug-likeness (QED) is 0.796. The van der Waals surface area contributed by atoms with Crippen LogP contribution in [0.5, 0.6) is 0 Å². The summed E-state index contributed by atoms with van der Waals surface area (Å²) >= 11 is 0. The molecule has 0 unspecified atom stereocenters. The Morgan fingerprint density at radius 3 is 2.58 bits per heavy atom. The number of nitrogens with zero attached hydrogens (tertiary/aromatic N) is 6. The predicted molar refractivity (Wildman–Crippen MR) is 94.2 cm³/mol. The van der Waals surface area contributed by atoms with Crippen LogP contribution >= 0.6 is 0 Å². The van der Waals surface area contributed by atoms with Crippen LogP contribution in [0.25, 0.3) is 16.9 Å². The van der Waals surface area contributed by atoms with Crippen LogP contribution in [0.15, 0.2) is 31.0 Å². The van der Waals surface area contributed by atoms with E-state index >= 15 is 0 Å². The molecule has 3 aromatic heterocycles. The second kappa shape index (κ2) is 6.07. The smallest absolute Gasteiger partial charge is 0.224 e. The van der Waals surface area contributed by atoms with Crippen molar-refractivity contribution >= 4 is 17.4 Å². The lowest BCUT2D eigenvalue weighted by Crippen LogP contribution is -2.16. The van der Waals surface area contributed by atoms with Crippen LogP contribution < -0.4 is 10.2 Å². The summed E-state index contributed by atoms with van der Waals surface area (Å²) in [4.78, 5) is 19.6. The molecule has 0 spiro atoms. The number of fused-ring (bicyclic) bond motifs is 1. The maximum absolute atomic E-state index is 4.74. The van der Waals surface area contributed by atoms with Crippen molar-refractivity contribution in [2.24, 2.45) is 0 Å². The largest absolute Gasteiger partial charge is 0.367 e. The first-order chi connectivity index (χ1) is 11.7. The Kier molecular flexibility index (Phi) is 3.76. The van der Waals surface area contributed by atoms with E-state index in [1.54, 1.807) is 12.4 Å². The van der Waals surface area contributed by atoms with Crippen molar-refractivity contribution < 1.29 is 0 Å². The van der Waals surface area contributed by atoms with Crippen molar-refractivity contribution in [3.63, 3.8) is 0 Å². The summed E-state index contributed by atoms with van der Waals surface area (Å²) in [7, 11) is 3.86. The topological polar surface area (TPSA) is 71.2 Å². The Hall–Kier alpha value is -2.70. The predicted octanol–water partition coefficient (Wildman–Crippen LogP) is 2.61. The fourth-order valence-corrected chi connectivity index (χ4v) is 3.18. The van der Waals surface area contributed by atoms with Gasteiger partial charge < -0.3 is 10.2 Å². The normalized spacial score (nSPS) is 15.1. The zero-order valence-electron chi connectivity index (χ0n) is 14.0. The molecule has 0 aromatic carbocycles. The Balaban J connectivity index is 1.78. The average molecular weight is 323 g/mol. The summed E-state index contributed by atoms with van der Waals surface area (Å²) in [6.07, 6.45) is 14.1. The molecule has 0 saturated heterocycles. The maximum Gasteiger partial charge on any atom is 0.224 e. The molecule has 7 heteroatoms. The minimum atomic E-state index is 0.499. The van der Waals surface area contributed by atoms with E-state index in [2.05, 4.69) is 24.7 Å². The summed E-state index contributed by atoms with van der Waals surface area (Å²) in [5.41, 5.74) is 2.61. The molecular weight excluding hydrogens is 302 g/mol. The fourth-order valence-electron chi connectivity index (χ4n) is 3.18. The first-order valence-electron chi connectivity index (χ1n) is 8.31. The molecule has 0 bridgehead atoms. The van der Waals surface area contributed by atoms with Gasteiger partial charge in [-0.25, -0.2) is 15.0 Å². The highest BCUT2D eigenvalue weighted by molar-refractivity contribution is 5.75. The highest BCUT2D eigenvalue weighted by Crippen LogP contribution is 2.31. The molecule has 24 heavy (non-hydrogen) atoms. The third-order valence-corrected chi connectivity index (χ3v) is 4.44. The number of hydrogen-bond acceptors (Lipinski definition) is 6. The molecule has 1 aliphatic carbocycles. The van der Waals surface area contributed by atoms with Gasteiger partial charge in [0.1, 0.15) is 11.5 Å². The Bertz CT molecular complexity index is 832. The summed E-state index contributed by atoms with van der Waals surface area (Å²) in [6.45, 7) is 0. The van der Waals surface area contributed by atoms with Crippen molar-refractivity contribution in [1.29, 1.82) is 0 Å². The number of aromatic nitrogens is 5. The SMILES string of the molecule is CN(C)c1ncc(-c2nc3cnccn3c2NC2CCCC2)cn1. The van der Waals surface area contributed by atoms with Gasteiger partial charge in [-0.05, 0) is 12.8 Å². The van der Waals surface area contributed by atoms with Crippen LogP contribution in [-0.2, 0) is 0 Å². The van der Waals surface area contributed by atoms with Crippen LogP contribution in [0.2, 0.25) is 0 Å². The molecule has 1 fully saturated rings. The number of rotatable bonds is 4. The van der Waals surface area contributed by atoms with E-state index in [0.717, 1.165) is 22.7 Å². The summed E-state index contributed by atoms with van der Waals surface area (Å²) in [6, 6.07) is 0.499. The first kappa shape index (κ1) is 14.9. The lowest BCUT2D eigenvalue weighted by atomic mass is 10.2. The summed E-state index contributed by atoms with van der Waals surface area (Å²) in [5.74, 6) is 1.69. The van der Waals surface area contributed by atoms with E-state index in [4.69, 9.17) is 4.98 Å². The van der Waals surface area contributed by atoms with Crippen molar-refractivity contribution in [2.75, 3.05) is 24.3 Å². The third kappa shape index (κ3) is 2.66. The summed E-state index contributed by atoms with van der Waals surface area (Å²) in [5, 5.41) is 3.68. The van der Waals surface area contributed by atoms with Gasteiger partial charge in [-0.3, -0.25) is 9.38 Å². The standard InChI is InChI=1S/C17H21N7/c1-23(2)17-19-9-12(10-20-17)15-16(21-13-5-3-4-6-13)24-8-7-18-11-14(24)22-15/h7-11,13,21H,3-6H2,1-2H3. The molecule has 0 amide bonds. The molecule has 1 N–H and O–H groups in total. The van der Waals surface area contributed by atoms with Crippen LogP contribution in [0, 0.1) is 0 Å². The average Bonchev–Trinajstić information content (AvgIpc) is 3.24. The minimum Gasteiger partial charge on any atom is -0.367 e. The highest BCUT2D eigenvalue weighted by atomic mass is 15.2. The second-order valence-electron chi connectivity index (χ2n) is 6.41. The zero-order chi connectivity index (χ0) is 16.5. The minimum absolute atomic E-state index is 0.499. The molecular formula is C17H21N7. The van der Waals surface area contributed by atoms with E-state index < -0.39 is 0 Å². The molecule has 1 saturated carbocycles. The summed E-state index contributed by atoms with van der Waals surface area (Å²) < 4.78 is 2.06. The van der Waals surface area contributed by atoms with E-state index in [-0.39, 0.29) is 0 Å². The van der Waals surface area contributed by atoms with Gasteiger partial charge in [-0.1, -0.05) is 12.8 Å². The van der Waals surface area contributed by atoms with Crippen molar-refractivity contribution in [1.82, 2.24) is 24.3 Å². The second-order valence-corrected chi connectivity index (χ2v) is 6.41. The maximum atomic E-state index is 4.74. The van der Waals surface area contributed by atoms with Gasteiger partial charge in [0.2, 0.25) is 5.95 Å². The van der Waals surface area contributed by atoms with E-state index in [9.17, 15) is 0 Å². The molecule has 0 aliphatic heterocycles. The third-order valence-electron chi connectivity index (χ3n) is 4.44. The molecule has 124 valence electrons. The molecule has 0 radical (unpaired) electrons. The van der Waals surface area contributed by atoms with Gasteiger partial charge >= 0.3 is 0 Å². The number of imidazole rings is 1. The monoisotopic (exact) mass is 323 g/mol. The van der Waals surface area contributed by atoms with Crippen LogP contribution in [-0.4, -0.2) is 44.5 Å². The number of hydrogen-bond donors (Lipinski definition) is 1. The lowest BCUT2D eigenvalue weighted by Gasteiger charge is -2.15. The Labute approximate surface area is 140 Å².